The first kappa shape index (κ1) is 19.2. The van der Waals surface area contributed by atoms with Crippen molar-refractivity contribution < 1.29 is 9.59 Å². The Hall–Kier alpha value is -3.15. The van der Waals surface area contributed by atoms with Crippen molar-refractivity contribution in [3.63, 3.8) is 0 Å². The predicted octanol–water partition coefficient (Wildman–Crippen LogP) is 3.51. The third kappa shape index (κ3) is 4.83. The van der Waals surface area contributed by atoms with E-state index in [1.54, 1.807) is 12.4 Å². The van der Waals surface area contributed by atoms with E-state index in [4.69, 9.17) is 0 Å². The molecule has 2 aromatic heterocycles. The summed E-state index contributed by atoms with van der Waals surface area (Å²) in [5.74, 6) is 0.662. The number of likely N-dealkylation sites (tertiary alicyclic amines) is 1. The van der Waals surface area contributed by atoms with Gasteiger partial charge in [-0.25, -0.2) is 0 Å². The van der Waals surface area contributed by atoms with Gasteiger partial charge in [-0.1, -0.05) is 12.1 Å². The van der Waals surface area contributed by atoms with E-state index in [1.165, 1.54) is 0 Å². The molecule has 6 heteroatoms. The van der Waals surface area contributed by atoms with Crippen LogP contribution in [-0.2, 0) is 11.3 Å². The second kappa shape index (κ2) is 8.90. The first-order valence-electron chi connectivity index (χ1n) is 10.2. The van der Waals surface area contributed by atoms with Crippen LogP contribution in [0.4, 0.5) is 0 Å². The highest BCUT2D eigenvalue weighted by atomic mass is 16.2. The van der Waals surface area contributed by atoms with Crippen LogP contribution in [0.15, 0.2) is 55.0 Å². The van der Waals surface area contributed by atoms with Gasteiger partial charge in [0.1, 0.15) is 0 Å². The monoisotopic (exact) mass is 390 g/mol. The van der Waals surface area contributed by atoms with Crippen LogP contribution in [0.25, 0.3) is 10.9 Å². The number of H-pyrrole nitrogens is 1. The molecule has 3 aromatic rings. The predicted molar refractivity (Wildman–Crippen MR) is 112 cm³/mol. The molecule has 0 unspecified atom stereocenters. The summed E-state index contributed by atoms with van der Waals surface area (Å²) in [7, 11) is 0. The van der Waals surface area contributed by atoms with Gasteiger partial charge in [-0.05, 0) is 60.4 Å². The van der Waals surface area contributed by atoms with Crippen LogP contribution in [0.1, 0.15) is 41.6 Å². The number of hydrogen-bond donors (Lipinski definition) is 2. The van der Waals surface area contributed by atoms with E-state index in [-0.39, 0.29) is 11.8 Å². The number of hydrogen-bond acceptors (Lipinski definition) is 3. The third-order valence-corrected chi connectivity index (χ3v) is 5.70. The van der Waals surface area contributed by atoms with E-state index in [0.717, 1.165) is 54.4 Å². The van der Waals surface area contributed by atoms with Gasteiger partial charge in [0, 0.05) is 55.7 Å². The summed E-state index contributed by atoms with van der Waals surface area (Å²) < 4.78 is 0. The number of benzene rings is 1. The number of aromatic amines is 1. The fraction of sp³-hybridized carbons (Fsp3) is 0.348. The molecule has 1 aliphatic heterocycles. The van der Waals surface area contributed by atoms with Crippen LogP contribution < -0.4 is 5.32 Å². The molecule has 0 bridgehead atoms. The van der Waals surface area contributed by atoms with Gasteiger partial charge >= 0.3 is 0 Å². The molecule has 0 atom stereocenters. The number of aromatic nitrogens is 2. The Balaban J connectivity index is 1.21. The number of rotatable bonds is 6. The molecular weight excluding hydrogens is 364 g/mol. The Morgan fingerprint density at radius 3 is 2.83 bits per heavy atom. The highest BCUT2D eigenvalue weighted by Gasteiger charge is 2.24. The summed E-state index contributed by atoms with van der Waals surface area (Å²) in [6.45, 7) is 2.03. The van der Waals surface area contributed by atoms with E-state index in [0.29, 0.717) is 18.9 Å². The standard InChI is InChI=1S/C23H26N4O2/c28-22(26-16-18-2-1-10-24-15-18)6-3-17-8-12-27(13-9-17)23(29)20-5-4-19-7-11-25-21(19)14-20/h1-2,4-5,7,10-11,14-15,17,25H,3,6,8-9,12-13,16H2,(H,26,28). The Morgan fingerprint density at radius 1 is 1.17 bits per heavy atom. The molecule has 2 N–H and O–H groups in total. The van der Waals surface area contributed by atoms with Crippen LogP contribution in [0.2, 0.25) is 0 Å². The molecule has 2 amide bonds. The summed E-state index contributed by atoms with van der Waals surface area (Å²) in [5.41, 5.74) is 2.72. The van der Waals surface area contributed by atoms with Crippen molar-refractivity contribution in [3.05, 3.63) is 66.1 Å². The minimum Gasteiger partial charge on any atom is -0.361 e. The number of nitrogens with zero attached hydrogens (tertiary/aromatic N) is 2. The molecule has 0 aliphatic carbocycles. The maximum absolute atomic E-state index is 12.8. The lowest BCUT2D eigenvalue weighted by Gasteiger charge is -2.32. The summed E-state index contributed by atoms with van der Waals surface area (Å²) in [6.07, 6.45) is 8.68. The van der Waals surface area contributed by atoms with Crippen molar-refractivity contribution in [3.8, 4) is 0 Å². The number of carbonyl (C=O) groups excluding carboxylic acids is 2. The molecule has 4 rings (SSSR count). The van der Waals surface area contributed by atoms with Crippen LogP contribution in [0.3, 0.4) is 0 Å². The Labute approximate surface area is 170 Å². The van der Waals surface area contributed by atoms with Crippen molar-refractivity contribution in [1.82, 2.24) is 20.2 Å². The molecule has 3 heterocycles. The van der Waals surface area contributed by atoms with Crippen LogP contribution >= 0.6 is 0 Å². The average molecular weight is 390 g/mol. The Morgan fingerprint density at radius 2 is 2.03 bits per heavy atom. The molecule has 6 nitrogen and oxygen atoms in total. The SMILES string of the molecule is O=C(CCC1CCN(C(=O)c2ccc3cc[nH]c3c2)CC1)NCc1cccnc1. The largest absolute Gasteiger partial charge is 0.361 e. The number of pyridine rings is 1. The van der Waals surface area contributed by atoms with Gasteiger partial charge in [-0.3, -0.25) is 14.6 Å². The maximum atomic E-state index is 12.8. The fourth-order valence-corrected chi connectivity index (χ4v) is 3.92. The Kier molecular flexibility index (Phi) is 5.89. The van der Waals surface area contributed by atoms with Crippen LogP contribution in [0, 0.1) is 5.92 Å². The van der Waals surface area contributed by atoms with Gasteiger partial charge in [0.05, 0.1) is 0 Å². The van der Waals surface area contributed by atoms with E-state index in [9.17, 15) is 9.59 Å². The number of piperidine rings is 1. The van der Waals surface area contributed by atoms with Gasteiger partial charge in [-0.2, -0.15) is 0 Å². The quantitative estimate of drug-likeness (QED) is 0.676. The highest BCUT2D eigenvalue weighted by molar-refractivity contribution is 5.98. The Bertz CT molecular complexity index is 975. The lowest BCUT2D eigenvalue weighted by atomic mass is 9.91. The van der Waals surface area contributed by atoms with Gasteiger partial charge in [0.25, 0.3) is 5.91 Å². The first-order valence-corrected chi connectivity index (χ1v) is 10.2. The summed E-state index contributed by atoms with van der Waals surface area (Å²) in [4.78, 5) is 34.0. The van der Waals surface area contributed by atoms with Crippen molar-refractivity contribution in [2.45, 2.75) is 32.2 Å². The molecule has 0 radical (unpaired) electrons. The molecule has 1 aromatic carbocycles. The zero-order chi connectivity index (χ0) is 20.1. The zero-order valence-electron chi connectivity index (χ0n) is 16.4. The zero-order valence-corrected chi connectivity index (χ0v) is 16.4. The van der Waals surface area contributed by atoms with Gasteiger partial charge < -0.3 is 15.2 Å². The minimum atomic E-state index is 0.0756. The molecular formula is C23H26N4O2. The number of fused-ring (bicyclic) bond motifs is 1. The molecule has 0 saturated carbocycles. The number of amides is 2. The second-order valence-corrected chi connectivity index (χ2v) is 7.69. The number of nitrogens with one attached hydrogen (secondary N) is 2. The second-order valence-electron chi connectivity index (χ2n) is 7.69. The smallest absolute Gasteiger partial charge is 0.253 e. The molecule has 1 saturated heterocycles. The van der Waals surface area contributed by atoms with Crippen LogP contribution in [0.5, 0.6) is 0 Å². The summed E-state index contributed by atoms with van der Waals surface area (Å²) in [5, 5.41) is 4.07. The summed E-state index contributed by atoms with van der Waals surface area (Å²) in [6, 6.07) is 11.6. The molecule has 1 fully saturated rings. The minimum absolute atomic E-state index is 0.0756. The van der Waals surface area contributed by atoms with E-state index in [1.807, 2.05) is 47.5 Å². The maximum Gasteiger partial charge on any atom is 0.253 e. The molecule has 29 heavy (non-hydrogen) atoms. The first-order chi connectivity index (χ1) is 14.2. The molecule has 1 aliphatic rings. The summed E-state index contributed by atoms with van der Waals surface area (Å²) >= 11 is 0. The van der Waals surface area contributed by atoms with Crippen molar-refractivity contribution in [2.24, 2.45) is 5.92 Å². The van der Waals surface area contributed by atoms with E-state index in [2.05, 4.69) is 15.3 Å². The lowest BCUT2D eigenvalue weighted by molar-refractivity contribution is -0.121. The van der Waals surface area contributed by atoms with Gasteiger partial charge in [0.15, 0.2) is 0 Å². The lowest BCUT2D eigenvalue weighted by Crippen LogP contribution is -2.38. The van der Waals surface area contributed by atoms with Crippen molar-refractivity contribution >= 4 is 22.7 Å². The fourth-order valence-electron chi connectivity index (χ4n) is 3.92. The molecule has 150 valence electrons. The van der Waals surface area contributed by atoms with E-state index >= 15 is 0 Å². The van der Waals surface area contributed by atoms with Crippen molar-refractivity contribution in [1.29, 1.82) is 0 Å². The number of carbonyl (C=O) groups is 2. The van der Waals surface area contributed by atoms with Crippen molar-refractivity contribution in [2.75, 3.05) is 13.1 Å². The highest BCUT2D eigenvalue weighted by Crippen LogP contribution is 2.24. The van der Waals surface area contributed by atoms with Gasteiger partial charge in [0.2, 0.25) is 5.91 Å². The topological polar surface area (TPSA) is 78.1 Å². The van der Waals surface area contributed by atoms with Crippen LogP contribution in [-0.4, -0.2) is 39.8 Å². The van der Waals surface area contributed by atoms with Gasteiger partial charge in [-0.15, -0.1) is 0 Å². The normalized spacial score (nSPS) is 14.8. The van der Waals surface area contributed by atoms with E-state index < -0.39 is 0 Å². The average Bonchev–Trinajstić information content (AvgIpc) is 3.25. The third-order valence-electron chi connectivity index (χ3n) is 5.70. The molecule has 0 spiro atoms.